The predicted octanol–water partition coefficient (Wildman–Crippen LogP) is 1.48. The number of rotatable bonds is 6. The van der Waals surface area contributed by atoms with E-state index < -0.39 is 16.1 Å². The molecule has 0 aliphatic heterocycles. The van der Waals surface area contributed by atoms with Gasteiger partial charge >= 0.3 is 6.03 Å². The van der Waals surface area contributed by atoms with Gasteiger partial charge < -0.3 is 16.4 Å². The van der Waals surface area contributed by atoms with Crippen molar-refractivity contribution in [2.75, 3.05) is 16.3 Å². The zero-order chi connectivity index (χ0) is 18.4. The summed E-state index contributed by atoms with van der Waals surface area (Å²) in [5, 5.41) is 5.14. The molecule has 0 spiro atoms. The molecule has 0 radical (unpaired) electrons. The molecule has 0 saturated carbocycles. The number of primary amides is 1. The Labute approximate surface area is 145 Å². The first kappa shape index (κ1) is 18.3. The minimum atomic E-state index is -3.36. The first-order chi connectivity index (χ1) is 11.7. The van der Waals surface area contributed by atoms with Crippen LogP contribution in [0.15, 0.2) is 48.5 Å². The van der Waals surface area contributed by atoms with E-state index in [2.05, 4.69) is 15.4 Å². The average molecular weight is 362 g/mol. The number of anilines is 2. The van der Waals surface area contributed by atoms with Crippen LogP contribution >= 0.6 is 0 Å². The molecule has 0 bridgehead atoms. The molecule has 3 amide bonds. The molecule has 0 fully saturated rings. The fraction of sp³-hybridized carbons (Fsp3) is 0.125. The lowest BCUT2D eigenvalue weighted by Gasteiger charge is -2.09. The van der Waals surface area contributed by atoms with E-state index in [-0.39, 0.29) is 12.5 Å². The molecule has 25 heavy (non-hydrogen) atoms. The first-order valence-corrected chi connectivity index (χ1v) is 9.13. The van der Waals surface area contributed by atoms with Crippen molar-refractivity contribution < 1.29 is 18.0 Å². The van der Waals surface area contributed by atoms with Gasteiger partial charge in [0, 0.05) is 23.5 Å². The molecular formula is C16H18N4O4S. The summed E-state index contributed by atoms with van der Waals surface area (Å²) in [4.78, 5) is 22.9. The summed E-state index contributed by atoms with van der Waals surface area (Å²) in [5.74, 6) is -0.299. The Kier molecular flexibility index (Phi) is 5.60. The second kappa shape index (κ2) is 7.67. The number of urea groups is 1. The Morgan fingerprint density at radius 1 is 1.04 bits per heavy atom. The van der Waals surface area contributed by atoms with Gasteiger partial charge in [-0.25, -0.2) is 13.2 Å². The second-order valence-corrected chi connectivity index (χ2v) is 7.07. The van der Waals surface area contributed by atoms with Gasteiger partial charge in [0.2, 0.25) is 10.0 Å². The highest BCUT2D eigenvalue weighted by Crippen LogP contribution is 2.13. The van der Waals surface area contributed by atoms with E-state index in [1.165, 1.54) is 0 Å². The van der Waals surface area contributed by atoms with E-state index in [0.717, 1.165) is 11.8 Å². The third kappa shape index (κ3) is 6.15. The fourth-order valence-corrected chi connectivity index (χ4v) is 2.65. The minimum Gasteiger partial charge on any atom is -0.351 e. The molecular weight excluding hydrogens is 344 g/mol. The van der Waals surface area contributed by atoms with Gasteiger partial charge in [-0.05, 0) is 42.0 Å². The lowest BCUT2D eigenvalue weighted by Crippen LogP contribution is -2.23. The number of hydrogen-bond donors (Lipinski definition) is 4. The molecule has 2 rings (SSSR count). The molecule has 0 unspecified atom stereocenters. The monoisotopic (exact) mass is 362 g/mol. The van der Waals surface area contributed by atoms with E-state index in [1.54, 1.807) is 48.5 Å². The van der Waals surface area contributed by atoms with E-state index in [0.29, 0.717) is 16.9 Å². The summed E-state index contributed by atoms with van der Waals surface area (Å²) in [6.45, 7) is 0.236. The molecule has 5 N–H and O–H groups in total. The van der Waals surface area contributed by atoms with Crippen LogP contribution in [-0.4, -0.2) is 26.6 Å². The van der Waals surface area contributed by atoms with Crippen LogP contribution in [0, 0.1) is 0 Å². The van der Waals surface area contributed by atoms with Gasteiger partial charge in [-0.1, -0.05) is 12.1 Å². The number of sulfonamides is 1. The maximum atomic E-state index is 12.1. The molecule has 9 heteroatoms. The molecule has 0 aliphatic carbocycles. The van der Waals surface area contributed by atoms with Gasteiger partial charge in [-0.2, -0.15) is 0 Å². The summed E-state index contributed by atoms with van der Waals surface area (Å²) in [6.07, 6.45) is 1.07. The number of benzene rings is 2. The van der Waals surface area contributed by atoms with Gasteiger partial charge in [0.05, 0.1) is 6.26 Å². The molecule has 0 atom stereocenters. The number of nitrogens with two attached hydrogens (primary N) is 1. The van der Waals surface area contributed by atoms with Crippen molar-refractivity contribution in [1.82, 2.24) is 5.32 Å². The van der Waals surface area contributed by atoms with Gasteiger partial charge in [-0.3, -0.25) is 9.52 Å². The normalized spacial score (nSPS) is 10.8. The van der Waals surface area contributed by atoms with Gasteiger partial charge in [0.1, 0.15) is 0 Å². The standard InChI is InChI=1S/C16H18N4O4S/c1-25(23,24)20-14-4-2-3-11(9-14)10-18-15(21)12-5-7-13(8-6-12)19-16(17)22/h2-9,20H,10H2,1H3,(H,18,21)(H3,17,19,22). The molecule has 132 valence electrons. The van der Waals surface area contributed by atoms with Crippen molar-refractivity contribution in [2.45, 2.75) is 6.54 Å². The van der Waals surface area contributed by atoms with E-state index in [9.17, 15) is 18.0 Å². The zero-order valence-electron chi connectivity index (χ0n) is 13.4. The topological polar surface area (TPSA) is 130 Å². The lowest BCUT2D eigenvalue weighted by molar-refractivity contribution is 0.0951. The number of carbonyl (C=O) groups is 2. The number of hydrogen-bond acceptors (Lipinski definition) is 4. The highest BCUT2D eigenvalue weighted by molar-refractivity contribution is 7.92. The fourth-order valence-electron chi connectivity index (χ4n) is 2.09. The molecule has 0 aromatic heterocycles. The Bertz CT molecular complexity index is 879. The minimum absolute atomic E-state index is 0.236. The third-order valence-corrected chi connectivity index (χ3v) is 3.70. The molecule has 2 aromatic rings. The lowest BCUT2D eigenvalue weighted by atomic mass is 10.1. The Morgan fingerprint density at radius 2 is 1.72 bits per heavy atom. The average Bonchev–Trinajstić information content (AvgIpc) is 2.51. The van der Waals surface area contributed by atoms with Crippen LogP contribution in [0.25, 0.3) is 0 Å². The van der Waals surface area contributed by atoms with Crippen LogP contribution in [-0.2, 0) is 16.6 Å². The highest BCUT2D eigenvalue weighted by atomic mass is 32.2. The maximum Gasteiger partial charge on any atom is 0.316 e. The van der Waals surface area contributed by atoms with Crippen molar-refractivity contribution in [2.24, 2.45) is 5.73 Å². The summed E-state index contributed by atoms with van der Waals surface area (Å²) < 4.78 is 24.9. The Morgan fingerprint density at radius 3 is 2.32 bits per heavy atom. The van der Waals surface area contributed by atoms with Crippen molar-refractivity contribution >= 4 is 33.3 Å². The van der Waals surface area contributed by atoms with E-state index in [4.69, 9.17) is 5.73 Å². The van der Waals surface area contributed by atoms with Crippen LogP contribution in [0.4, 0.5) is 16.2 Å². The smallest absolute Gasteiger partial charge is 0.316 e. The van der Waals surface area contributed by atoms with Crippen LogP contribution in [0.5, 0.6) is 0 Å². The summed E-state index contributed by atoms with van der Waals surface area (Å²) in [5.41, 5.74) is 7.09. The molecule has 2 aromatic carbocycles. The number of nitrogens with one attached hydrogen (secondary N) is 3. The first-order valence-electron chi connectivity index (χ1n) is 7.24. The highest BCUT2D eigenvalue weighted by Gasteiger charge is 2.07. The van der Waals surface area contributed by atoms with E-state index >= 15 is 0 Å². The van der Waals surface area contributed by atoms with E-state index in [1.807, 2.05) is 0 Å². The number of carbonyl (C=O) groups excluding carboxylic acids is 2. The third-order valence-electron chi connectivity index (χ3n) is 3.10. The van der Waals surface area contributed by atoms with Crippen molar-refractivity contribution in [3.05, 3.63) is 59.7 Å². The summed E-state index contributed by atoms with van der Waals surface area (Å²) >= 11 is 0. The van der Waals surface area contributed by atoms with Crippen molar-refractivity contribution in [3.63, 3.8) is 0 Å². The quantitative estimate of drug-likeness (QED) is 0.620. The molecule has 0 aliphatic rings. The van der Waals surface area contributed by atoms with Crippen molar-refractivity contribution in [1.29, 1.82) is 0 Å². The SMILES string of the molecule is CS(=O)(=O)Nc1cccc(CNC(=O)c2ccc(NC(N)=O)cc2)c1. The van der Waals surface area contributed by atoms with Crippen LogP contribution < -0.4 is 21.1 Å². The zero-order valence-corrected chi connectivity index (χ0v) is 14.3. The van der Waals surface area contributed by atoms with Crippen molar-refractivity contribution in [3.8, 4) is 0 Å². The molecule has 0 saturated heterocycles. The predicted molar refractivity (Wildman–Crippen MR) is 95.7 cm³/mol. The van der Waals surface area contributed by atoms with Crippen LogP contribution in [0.3, 0.4) is 0 Å². The maximum absolute atomic E-state index is 12.1. The Hall–Kier alpha value is -3.07. The van der Waals surface area contributed by atoms with Gasteiger partial charge in [0.25, 0.3) is 5.91 Å². The van der Waals surface area contributed by atoms with Gasteiger partial charge in [0.15, 0.2) is 0 Å². The van der Waals surface area contributed by atoms with Crippen LogP contribution in [0.2, 0.25) is 0 Å². The largest absolute Gasteiger partial charge is 0.351 e. The van der Waals surface area contributed by atoms with Gasteiger partial charge in [-0.15, -0.1) is 0 Å². The van der Waals surface area contributed by atoms with Crippen LogP contribution in [0.1, 0.15) is 15.9 Å². The Balaban J connectivity index is 1.97. The number of amides is 3. The molecule has 8 nitrogen and oxygen atoms in total. The second-order valence-electron chi connectivity index (χ2n) is 5.32. The summed E-state index contributed by atoms with van der Waals surface area (Å²) in [7, 11) is -3.36. The molecule has 0 heterocycles. The summed E-state index contributed by atoms with van der Waals surface area (Å²) in [6, 6.07) is 12.3.